The van der Waals surface area contributed by atoms with E-state index < -0.39 is 6.10 Å². The zero-order valence-corrected chi connectivity index (χ0v) is 16.1. The quantitative estimate of drug-likeness (QED) is 0.623. The highest BCUT2D eigenvalue weighted by Gasteiger charge is 2.16. The van der Waals surface area contributed by atoms with Crippen LogP contribution >= 0.6 is 15.9 Å². The first-order valence-electron chi connectivity index (χ1n) is 7.95. The third-order valence-electron chi connectivity index (χ3n) is 3.37. The van der Waals surface area contributed by atoms with Gasteiger partial charge in [-0.05, 0) is 46.6 Å². The molecule has 0 saturated heterocycles. The van der Waals surface area contributed by atoms with Crippen LogP contribution < -0.4 is 14.8 Å². The minimum absolute atomic E-state index is 0.290. The van der Waals surface area contributed by atoms with Gasteiger partial charge in [0.05, 0.1) is 11.1 Å². The van der Waals surface area contributed by atoms with Crippen molar-refractivity contribution in [1.82, 2.24) is 10.3 Å². The molecule has 0 aliphatic carbocycles. The molecule has 140 valence electrons. The molecule has 1 N–H and O–H groups in total. The molecule has 0 saturated carbocycles. The number of carbonyl (C=O) groups is 1. The van der Waals surface area contributed by atoms with Crippen LogP contribution in [0.3, 0.4) is 0 Å². The molecule has 26 heavy (non-hydrogen) atoms. The normalized spacial score (nSPS) is 11.7. The maximum atomic E-state index is 13.1. The van der Waals surface area contributed by atoms with Crippen molar-refractivity contribution in [3.05, 3.63) is 52.4 Å². The van der Waals surface area contributed by atoms with Crippen LogP contribution in [0.1, 0.15) is 12.5 Å². The summed E-state index contributed by atoms with van der Waals surface area (Å²) < 4.78 is 29.4. The van der Waals surface area contributed by atoms with E-state index in [1.165, 1.54) is 18.2 Å². The van der Waals surface area contributed by atoms with Gasteiger partial charge in [0.15, 0.2) is 6.10 Å². The summed E-state index contributed by atoms with van der Waals surface area (Å²) in [4.78, 5) is 16.3. The van der Waals surface area contributed by atoms with E-state index >= 15 is 0 Å². The molecule has 0 aliphatic rings. The minimum Gasteiger partial charge on any atom is -0.480 e. The van der Waals surface area contributed by atoms with Crippen LogP contribution in [0.4, 0.5) is 4.39 Å². The smallest absolute Gasteiger partial charge is 0.261 e. The second kappa shape index (κ2) is 10.1. The summed E-state index contributed by atoms with van der Waals surface area (Å²) in [5.41, 5.74) is 0.826. The summed E-state index contributed by atoms with van der Waals surface area (Å²) in [7, 11) is 1.60. The average molecular weight is 427 g/mol. The van der Waals surface area contributed by atoms with Crippen LogP contribution in [-0.4, -0.2) is 37.3 Å². The van der Waals surface area contributed by atoms with Gasteiger partial charge in [-0.15, -0.1) is 0 Å². The van der Waals surface area contributed by atoms with E-state index in [0.29, 0.717) is 35.9 Å². The first-order chi connectivity index (χ1) is 12.5. The maximum Gasteiger partial charge on any atom is 0.261 e. The van der Waals surface area contributed by atoms with E-state index in [-0.39, 0.29) is 11.7 Å². The van der Waals surface area contributed by atoms with Crippen molar-refractivity contribution >= 4 is 21.8 Å². The van der Waals surface area contributed by atoms with E-state index in [2.05, 4.69) is 26.2 Å². The molecular weight excluding hydrogens is 407 g/mol. The lowest BCUT2D eigenvalue weighted by Gasteiger charge is -2.16. The number of hydrogen-bond donors (Lipinski definition) is 1. The number of methoxy groups -OCH3 is 1. The van der Waals surface area contributed by atoms with Gasteiger partial charge in [-0.25, -0.2) is 9.37 Å². The van der Waals surface area contributed by atoms with Crippen molar-refractivity contribution in [3.8, 4) is 11.6 Å². The number of ether oxygens (including phenoxy) is 3. The molecule has 1 unspecified atom stereocenters. The molecule has 0 fully saturated rings. The molecule has 0 spiro atoms. The van der Waals surface area contributed by atoms with Crippen LogP contribution in [0.25, 0.3) is 0 Å². The maximum absolute atomic E-state index is 13.1. The molecular formula is C18H20BrFN2O4. The third-order valence-corrected chi connectivity index (χ3v) is 3.99. The second-order valence-corrected chi connectivity index (χ2v) is 6.25. The summed E-state index contributed by atoms with van der Waals surface area (Å²) in [6.07, 6.45) is 0.895. The number of carbonyl (C=O) groups excluding carboxylic acids is 1. The van der Waals surface area contributed by atoms with Gasteiger partial charge in [0.25, 0.3) is 5.91 Å². The highest BCUT2D eigenvalue weighted by atomic mass is 79.9. The van der Waals surface area contributed by atoms with Crippen molar-refractivity contribution in [2.75, 3.05) is 20.3 Å². The topological polar surface area (TPSA) is 69.7 Å². The Morgan fingerprint density at radius 1 is 1.31 bits per heavy atom. The predicted molar refractivity (Wildman–Crippen MR) is 97.6 cm³/mol. The Morgan fingerprint density at radius 3 is 2.77 bits per heavy atom. The van der Waals surface area contributed by atoms with Gasteiger partial charge in [-0.1, -0.05) is 6.07 Å². The monoisotopic (exact) mass is 426 g/mol. The lowest BCUT2D eigenvalue weighted by Crippen LogP contribution is -2.36. The van der Waals surface area contributed by atoms with E-state index in [9.17, 15) is 9.18 Å². The molecule has 8 heteroatoms. The number of rotatable bonds is 9. The Labute approximate surface area is 159 Å². The van der Waals surface area contributed by atoms with Crippen molar-refractivity contribution < 1.29 is 23.4 Å². The molecule has 1 atom stereocenters. The standard InChI is InChI=1S/C18H20BrFN2O4/c1-12(26-16-5-4-14(20)9-15(16)19)18(23)22-11-13-3-6-17(21-10-13)25-8-7-24-2/h3-6,9-10,12H,7-8,11H2,1-2H3,(H,22,23). The van der Waals surface area contributed by atoms with Crippen molar-refractivity contribution in [3.63, 3.8) is 0 Å². The number of benzene rings is 1. The summed E-state index contributed by atoms with van der Waals surface area (Å²) in [6.45, 7) is 2.84. The van der Waals surface area contributed by atoms with Crippen LogP contribution in [0.2, 0.25) is 0 Å². The van der Waals surface area contributed by atoms with E-state index in [1.54, 1.807) is 26.3 Å². The summed E-state index contributed by atoms with van der Waals surface area (Å²) in [5.74, 6) is 0.216. The molecule has 0 radical (unpaired) electrons. The van der Waals surface area contributed by atoms with Gasteiger partial charge in [0.2, 0.25) is 5.88 Å². The van der Waals surface area contributed by atoms with Crippen LogP contribution in [0.5, 0.6) is 11.6 Å². The first kappa shape index (κ1) is 20.1. The van der Waals surface area contributed by atoms with E-state index in [4.69, 9.17) is 14.2 Å². The van der Waals surface area contributed by atoms with Gasteiger partial charge in [0, 0.05) is 25.9 Å². The summed E-state index contributed by atoms with van der Waals surface area (Å²) in [6, 6.07) is 7.56. The van der Waals surface area contributed by atoms with Crippen molar-refractivity contribution in [1.29, 1.82) is 0 Å². The Bertz CT molecular complexity index is 728. The van der Waals surface area contributed by atoms with Crippen molar-refractivity contribution in [2.24, 2.45) is 0 Å². The van der Waals surface area contributed by atoms with Crippen LogP contribution in [0.15, 0.2) is 41.0 Å². The number of nitrogens with zero attached hydrogens (tertiary/aromatic N) is 1. The third kappa shape index (κ3) is 6.27. The molecule has 1 amide bonds. The Hall–Kier alpha value is -2.19. The lowest BCUT2D eigenvalue weighted by atomic mass is 10.2. The number of aromatic nitrogens is 1. The second-order valence-electron chi connectivity index (χ2n) is 5.40. The fourth-order valence-electron chi connectivity index (χ4n) is 1.98. The zero-order valence-electron chi connectivity index (χ0n) is 14.5. The van der Waals surface area contributed by atoms with Crippen LogP contribution in [0, 0.1) is 5.82 Å². The highest BCUT2D eigenvalue weighted by molar-refractivity contribution is 9.10. The fraction of sp³-hybridized carbons (Fsp3) is 0.333. The van der Waals surface area contributed by atoms with E-state index in [0.717, 1.165) is 5.56 Å². The van der Waals surface area contributed by atoms with Gasteiger partial charge in [-0.3, -0.25) is 4.79 Å². The Balaban J connectivity index is 1.81. The number of pyridine rings is 1. The zero-order chi connectivity index (χ0) is 18.9. The molecule has 0 aliphatic heterocycles. The van der Waals surface area contributed by atoms with Gasteiger partial charge < -0.3 is 19.5 Å². The summed E-state index contributed by atoms with van der Waals surface area (Å²) in [5, 5.41) is 2.77. The number of hydrogen-bond acceptors (Lipinski definition) is 5. The lowest BCUT2D eigenvalue weighted by molar-refractivity contribution is -0.127. The predicted octanol–water partition coefficient (Wildman–Crippen LogP) is 3.09. The molecule has 1 aromatic carbocycles. The Morgan fingerprint density at radius 2 is 2.12 bits per heavy atom. The van der Waals surface area contributed by atoms with Crippen LogP contribution in [-0.2, 0) is 16.1 Å². The fourth-order valence-corrected chi connectivity index (χ4v) is 2.42. The van der Waals surface area contributed by atoms with Crippen molar-refractivity contribution in [2.45, 2.75) is 19.6 Å². The highest BCUT2D eigenvalue weighted by Crippen LogP contribution is 2.26. The molecule has 2 aromatic rings. The summed E-state index contributed by atoms with van der Waals surface area (Å²) >= 11 is 3.20. The number of amides is 1. The van der Waals surface area contributed by atoms with Gasteiger partial charge >= 0.3 is 0 Å². The first-order valence-corrected chi connectivity index (χ1v) is 8.75. The number of nitrogens with one attached hydrogen (secondary N) is 1. The SMILES string of the molecule is COCCOc1ccc(CNC(=O)C(C)Oc2ccc(F)cc2Br)cn1. The molecule has 0 bridgehead atoms. The molecule has 2 rings (SSSR count). The molecule has 6 nitrogen and oxygen atoms in total. The largest absolute Gasteiger partial charge is 0.480 e. The molecule has 1 aromatic heterocycles. The van der Waals surface area contributed by atoms with E-state index in [1.807, 2.05) is 6.07 Å². The number of halogens is 2. The average Bonchev–Trinajstić information content (AvgIpc) is 2.63. The van der Waals surface area contributed by atoms with Gasteiger partial charge in [-0.2, -0.15) is 0 Å². The Kier molecular flexibility index (Phi) is 7.80. The minimum atomic E-state index is -0.735. The van der Waals surface area contributed by atoms with Gasteiger partial charge in [0.1, 0.15) is 18.2 Å². The molecule has 1 heterocycles.